The summed E-state index contributed by atoms with van der Waals surface area (Å²) in [7, 11) is 0. The topological polar surface area (TPSA) is 58.9 Å². The maximum absolute atomic E-state index is 9.73. The zero-order valence-electron chi connectivity index (χ0n) is 18.1. The van der Waals surface area contributed by atoms with Crippen LogP contribution in [0.15, 0.2) is 78.9 Å². The highest BCUT2D eigenvalue weighted by atomic mass is 16.5. The van der Waals surface area contributed by atoms with Crippen LogP contribution in [-0.4, -0.2) is 36.1 Å². The molecule has 0 spiro atoms. The molecular formula is C27H30O4. The maximum Gasteiger partial charge on any atom is 0.119 e. The third-order valence-electron chi connectivity index (χ3n) is 5.14. The van der Waals surface area contributed by atoms with E-state index in [-0.39, 0.29) is 19.8 Å². The second-order valence-electron chi connectivity index (χ2n) is 7.36. The quantitative estimate of drug-likeness (QED) is 0.445. The Balaban J connectivity index is 1.95. The fraction of sp³-hybridized carbons (Fsp3) is 0.259. The van der Waals surface area contributed by atoms with Gasteiger partial charge >= 0.3 is 0 Å². The Morgan fingerprint density at radius 1 is 0.774 bits per heavy atom. The van der Waals surface area contributed by atoms with Gasteiger partial charge in [0.1, 0.15) is 24.7 Å². The molecule has 4 heteroatoms. The van der Waals surface area contributed by atoms with E-state index in [9.17, 15) is 5.11 Å². The number of benzene rings is 3. The molecule has 0 aromatic heterocycles. The minimum Gasteiger partial charge on any atom is -0.491 e. The predicted octanol–water partition coefficient (Wildman–Crippen LogP) is 5.19. The van der Waals surface area contributed by atoms with E-state index in [1.807, 2.05) is 73.7 Å². The molecule has 162 valence electrons. The van der Waals surface area contributed by atoms with Gasteiger partial charge in [-0.1, -0.05) is 61.5 Å². The Bertz CT molecular complexity index is 960. The first-order chi connectivity index (χ1) is 15.1. The molecule has 0 fully saturated rings. The Labute approximate surface area is 184 Å². The average Bonchev–Trinajstić information content (AvgIpc) is 2.83. The number of aliphatic hydroxyl groups is 2. The van der Waals surface area contributed by atoms with Gasteiger partial charge in [0.25, 0.3) is 0 Å². The normalized spacial score (nSPS) is 12.8. The lowest BCUT2D eigenvalue weighted by molar-refractivity contribution is 0.104. The molecular weight excluding hydrogens is 388 g/mol. The van der Waals surface area contributed by atoms with Gasteiger partial charge in [0, 0.05) is 0 Å². The second-order valence-corrected chi connectivity index (χ2v) is 7.36. The summed E-state index contributed by atoms with van der Waals surface area (Å²) < 4.78 is 11.2. The van der Waals surface area contributed by atoms with Gasteiger partial charge in [-0.05, 0) is 65.4 Å². The van der Waals surface area contributed by atoms with Crippen molar-refractivity contribution < 1.29 is 19.7 Å². The van der Waals surface area contributed by atoms with E-state index in [2.05, 4.69) is 19.1 Å². The molecule has 31 heavy (non-hydrogen) atoms. The minimum absolute atomic E-state index is 0.0102. The lowest BCUT2D eigenvalue weighted by Crippen LogP contribution is -2.15. The van der Waals surface area contributed by atoms with Gasteiger partial charge in [-0.15, -0.1) is 0 Å². The molecule has 4 nitrogen and oxygen atoms in total. The van der Waals surface area contributed by atoms with E-state index in [0.717, 1.165) is 33.8 Å². The van der Waals surface area contributed by atoms with Gasteiger partial charge in [-0.2, -0.15) is 0 Å². The maximum atomic E-state index is 9.73. The molecule has 0 radical (unpaired) electrons. The first-order valence-electron chi connectivity index (χ1n) is 10.6. The van der Waals surface area contributed by atoms with Crippen molar-refractivity contribution in [3.8, 4) is 11.5 Å². The summed E-state index contributed by atoms with van der Waals surface area (Å²) >= 11 is 0. The SMILES string of the molecule is CCC(O)COc1ccc(/C(=C(/C)c2ccccc2)c2ccc(OCCO)cc2)cc1. The highest BCUT2D eigenvalue weighted by Gasteiger charge is 2.12. The van der Waals surface area contributed by atoms with E-state index in [0.29, 0.717) is 6.42 Å². The molecule has 1 unspecified atom stereocenters. The molecule has 0 aliphatic heterocycles. The average molecular weight is 419 g/mol. The van der Waals surface area contributed by atoms with Gasteiger partial charge in [0.15, 0.2) is 0 Å². The second kappa shape index (κ2) is 11.3. The van der Waals surface area contributed by atoms with Crippen molar-refractivity contribution in [2.45, 2.75) is 26.4 Å². The molecule has 0 aliphatic rings. The van der Waals surface area contributed by atoms with E-state index >= 15 is 0 Å². The molecule has 0 heterocycles. The number of allylic oxidation sites excluding steroid dienone is 1. The first kappa shape index (κ1) is 22.6. The summed E-state index contributed by atoms with van der Waals surface area (Å²) in [6.45, 7) is 4.61. The molecule has 3 aromatic carbocycles. The zero-order chi connectivity index (χ0) is 22.1. The van der Waals surface area contributed by atoms with Crippen LogP contribution in [0.3, 0.4) is 0 Å². The largest absolute Gasteiger partial charge is 0.491 e. The third-order valence-corrected chi connectivity index (χ3v) is 5.14. The summed E-state index contributed by atoms with van der Waals surface area (Å²) in [6.07, 6.45) is 0.209. The molecule has 0 bridgehead atoms. The Kier molecular flexibility index (Phi) is 8.27. The molecule has 3 rings (SSSR count). The number of ether oxygens (including phenoxy) is 2. The lowest BCUT2D eigenvalue weighted by atomic mass is 9.90. The third kappa shape index (κ3) is 6.20. The van der Waals surface area contributed by atoms with Crippen molar-refractivity contribution in [1.29, 1.82) is 0 Å². The fourth-order valence-electron chi connectivity index (χ4n) is 3.34. The molecule has 0 aliphatic carbocycles. The number of hydrogen-bond acceptors (Lipinski definition) is 4. The highest BCUT2D eigenvalue weighted by Crippen LogP contribution is 2.33. The van der Waals surface area contributed by atoms with Crippen molar-refractivity contribution in [3.05, 3.63) is 95.6 Å². The number of aliphatic hydroxyl groups excluding tert-OH is 2. The number of rotatable bonds is 10. The van der Waals surface area contributed by atoms with Crippen LogP contribution in [0.25, 0.3) is 11.1 Å². The first-order valence-corrected chi connectivity index (χ1v) is 10.6. The van der Waals surface area contributed by atoms with Crippen LogP contribution in [-0.2, 0) is 0 Å². The predicted molar refractivity (Wildman–Crippen MR) is 125 cm³/mol. The van der Waals surface area contributed by atoms with Crippen molar-refractivity contribution in [3.63, 3.8) is 0 Å². The molecule has 0 saturated heterocycles. The standard InChI is InChI=1S/C27H30O4/c1-3-24(29)19-31-26-15-11-23(12-16-26)27(20(2)21-7-5-4-6-8-21)22-9-13-25(14-10-22)30-18-17-28/h4-16,24,28-29H,3,17-19H2,1-2H3/b27-20-. The Hall–Kier alpha value is -3.08. The van der Waals surface area contributed by atoms with Crippen molar-refractivity contribution in [2.24, 2.45) is 0 Å². The van der Waals surface area contributed by atoms with Crippen LogP contribution >= 0.6 is 0 Å². The van der Waals surface area contributed by atoms with Crippen LogP contribution in [0.4, 0.5) is 0 Å². The van der Waals surface area contributed by atoms with Crippen molar-refractivity contribution in [2.75, 3.05) is 19.8 Å². The van der Waals surface area contributed by atoms with E-state index < -0.39 is 6.10 Å². The van der Waals surface area contributed by atoms with Gasteiger partial charge < -0.3 is 19.7 Å². The van der Waals surface area contributed by atoms with Crippen LogP contribution in [0.1, 0.15) is 37.0 Å². The molecule has 0 saturated carbocycles. The van der Waals surface area contributed by atoms with E-state index in [1.54, 1.807) is 0 Å². The molecule has 3 aromatic rings. The molecule has 1 atom stereocenters. The highest BCUT2D eigenvalue weighted by molar-refractivity contribution is 5.97. The van der Waals surface area contributed by atoms with Crippen LogP contribution < -0.4 is 9.47 Å². The summed E-state index contributed by atoms with van der Waals surface area (Å²) in [4.78, 5) is 0. The van der Waals surface area contributed by atoms with Gasteiger partial charge in [0.2, 0.25) is 0 Å². The Morgan fingerprint density at radius 3 is 1.84 bits per heavy atom. The van der Waals surface area contributed by atoms with Gasteiger partial charge in [-0.25, -0.2) is 0 Å². The smallest absolute Gasteiger partial charge is 0.119 e. The van der Waals surface area contributed by atoms with E-state index in [4.69, 9.17) is 14.6 Å². The Morgan fingerprint density at radius 2 is 1.32 bits per heavy atom. The van der Waals surface area contributed by atoms with Gasteiger partial charge in [0.05, 0.1) is 12.7 Å². The van der Waals surface area contributed by atoms with E-state index in [1.165, 1.54) is 5.57 Å². The van der Waals surface area contributed by atoms with Gasteiger partial charge in [-0.3, -0.25) is 0 Å². The van der Waals surface area contributed by atoms with Crippen LogP contribution in [0.2, 0.25) is 0 Å². The summed E-state index contributed by atoms with van der Waals surface area (Å²) in [5.74, 6) is 1.47. The van der Waals surface area contributed by atoms with Crippen LogP contribution in [0, 0.1) is 0 Å². The number of hydrogen-bond donors (Lipinski definition) is 2. The minimum atomic E-state index is -0.456. The monoisotopic (exact) mass is 418 g/mol. The fourth-order valence-corrected chi connectivity index (χ4v) is 3.34. The molecule has 0 amide bonds. The summed E-state index contributed by atoms with van der Waals surface area (Å²) in [6, 6.07) is 26.2. The lowest BCUT2D eigenvalue weighted by Gasteiger charge is -2.16. The van der Waals surface area contributed by atoms with Crippen molar-refractivity contribution in [1.82, 2.24) is 0 Å². The summed E-state index contributed by atoms with van der Waals surface area (Å²) in [5.41, 5.74) is 5.60. The van der Waals surface area contributed by atoms with Crippen molar-refractivity contribution >= 4 is 11.1 Å². The van der Waals surface area contributed by atoms with Crippen LogP contribution in [0.5, 0.6) is 11.5 Å². The zero-order valence-corrected chi connectivity index (χ0v) is 18.1. The molecule has 2 N–H and O–H groups in total. The summed E-state index contributed by atoms with van der Waals surface area (Å²) in [5, 5.41) is 18.7.